The minimum absolute atomic E-state index is 0.174. The topological polar surface area (TPSA) is 29.5 Å². The SMILES string of the molecule is Cc1ccc(CCCC(=O)N2CCOC(C)C2)cc1C. The first-order valence-electron chi connectivity index (χ1n) is 7.52. The maximum absolute atomic E-state index is 12.1. The average molecular weight is 275 g/mol. The minimum atomic E-state index is 0.174. The monoisotopic (exact) mass is 275 g/mol. The molecule has 1 saturated heterocycles. The summed E-state index contributed by atoms with van der Waals surface area (Å²) in [5.41, 5.74) is 3.99. The molecule has 0 aliphatic carbocycles. The van der Waals surface area contributed by atoms with Gasteiger partial charge in [-0.25, -0.2) is 0 Å². The summed E-state index contributed by atoms with van der Waals surface area (Å²) in [5, 5.41) is 0. The molecule has 3 nitrogen and oxygen atoms in total. The third kappa shape index (κ3) is 4.07. The molecule has 1 aliphatic heterocycles. The highest BCUT2D eigenvalue weighted by atomic mass is 16.5. The van der Waals surface area contributed by atoms with E-state index in [9.17, 15) is 4.79 Å². The molecule has 1 heterocycles. The highest BCUT2D eigenvalue weighted by Gasteiger charge is 2.20. The number of morpholine rings is 1. The van der Waals surface area contributed by atoms with E-state index in [0.717, 1.165) is 25.9 Å². The van der Waals surface area contributed by atoms with Crippen molar-refractivity contribution in [2.75, 3.05) is 19.7 Å². The van der Waals surface area contributed by atoms with E-state index in [4.69, 9.17) is 4.74 Å². The van der Waals surface area contributed by atoms with Gasteiger partial charge in [-0.05, 0) is 50.3 Å². The first-order valence-corrected chi connectivity index (χ1v) is 7.52. The second-order valence-electron chi connectivity index (χ2n) is 5.79. The summed E-state index contributed by atoms with van der Waals surface area (Å²) < 4.78 is 5.46. The van der Waals surface area contributed by atoms with Crippen LogP contribution in [0.2, 0.25) is 0 Å². The third-order valence-electron chi connectivity index (χ3n) is 4.02. The maximum Gasteiger partial charge on any atom is 0.222 e. The summed E-state index contributed by atoms with van der Waals surface area (Å²) >= 11 is 0. The Morgan fingerprint density at radius 1 is 1.35 bits per heavy atom. The number of nitrogens with zero attached hydrogens (tertiary/aromatic N) is 1. The fraction of sp³-hybridized carbons (Fsp3) is 0.588. The molecule has 0 radical (unpaired) electrons. The normalized spacial score (nSPS) is 19.1. The summed E-state index contributed by atoms with van der Waals surface area (Å²) in [4.78, 5) is 14.1. The Morgan fingerprint density at radius 2 is 2.15 bits per heavy atom. The second kappa shape index (κ2) is 6.89. The number of amides is 1. The smallest absolute Gasteiger partial charge is 0.222 e. The van der Waals surface area contributed by atoms with Crippen LogP contribution in [0.3, 0.4) is 0 Å². The lowest BCUT2D eigenvalue weighted by Crippen LogP contribution is -2.44. The molecule has 2 rings (SSSR count). The largest absolute Gasteiger partial charge is 0.375 e. The molecular weight excluding hydrogens is 250 g/mol. The number of benzene rings is 1. The lowest BCUT2D eigenvalue weighted by Gasteiger charge is -2.31. The molecule has 0 spiro atoms. The Hall–Kier alpha value is -1.35. The molecule has 1 fully saturated rings. The summed E-state index contributed by atoms with van der Waals surface area (Å²) in [5.74, 6) is 0.268. The number of hydrogen-bond acceptors (Lipinski definition) is 2. The van der Waals surface area contributed by atoms with Gasteiger partial charge < -0.3 is 9.64 Å². The molecule has 0 bridgehead atoms. The van der Waals surface area contributed by atoms with Crippen molar-refractivity contribution in [3.63, 3.8) is 0 Å². The Balaban J connectivity index is 1.77. The van der Waals surface area contributed by atoms with E-state index in [2.05, 4.69) is 32.0 Å². The van der Waals surface area contributed by atoms with Gasteiger partial charge >= 0.3 is 0 Å². The minimum Gasteiger partial charge on any atom is -0.375 e. The van der Waals surface area contributed by atoms with Gasteiger partial charge in [0.1, 0.15) is 0 Å². The highest BCUT2D eigenvalue weighted by Crippen LogP contribution is 2.13. The molecule has 1 aromatic carbocycles. The second-order valence-corrected chi connectivity index (χ2v) is 5.79. The molecule has 110 valence electrons. The summed E-state index contributed by atoms with van der Waals surface area (Å²) in [7, 11) is 0. The lowest BCUT2D eigenvalue weighted by molar-refractivity contribution is -0.138. The molecule has 0 saturated carbocycles. The van der Waals surface area contributed by atoms with E-state index in [1.54, 1.807) is 0 Å². The van der Waals surface area contributed by atoms with Crippen molar-refractivity contribution in [2.45, 2.75) is 46.1 Å². The van der Waals surface area contributed by atoms with Crippen LogP contribution in [0.25, 0.3) is 0 Å². The van der Waals surface area contributed by atoms with E-state index in [0.29, 0.717) is 13.0 Å². The van der Waals surface area contributed by atoms with Crippen LogP contribution < -0.4 is 0 Å². The molecule has 1 unspecified atom stereocenters. The van der Waals surface area contributed by atoms with E-state index in [1.807, 2.05) is 11.8 Å². The van der Waals surface area contributed by atoms with Gasteiger partial charge in [0.2, 0.25) is 5.91 Å². The van der Waals surface area contributed by atoms with Gasteiger partial charge in [0.25, 0.3) is 0 Å². The highest BCUT2D eigenvalue weighted by molar-refractivity contribution is 5.76. The molecule has 20 heavy (non-hydrogen) atoms. The zero-order valence-corrected chi connectivity index (χ0v) is 12.8. The molecule has 1 aliphatic rings. The van der Waals surface area contributed by atoms with Crippen molar-refractivity contribution in [1.29, 1.82) is 0 Å². The van der Waals surface area contributed by atoms with Gasteiger partial charge in [0.15, 0.2) is 0 Å². The fourth-order valence-corrected chi connectivity index (χ4v) is 2.61. The molecule has 1 atom stereocenters. The van der Waals surface area contributed by atoms with Crippen molar-refractivity contribution in [3.8, 4) is 0 Å². The predicted octanol–water partition coefficient (Wildman–Crippen LogP) is 2.87. The summed E-state index contributed by atoms with van der Waals surface area (Å²) in [6.07, 6.45) is 2.71. The van der Waals surface area contributed by atoms with Crippen LogP contribution in [0.15, 0.2) is 18.2 Å². The zero-order chi connectivity index (χ0) is 14.5. The van der Waals surface area contributed by atoms with E-state index < -0.39 is 0 Å². The molecule has 0 N–H and O–H groups in total. The number of ether oxygens (including phenoxy) is 1. The number of rotatable bonds is 4. The lowest BCUT2D eigenvalue weighted by atomic mass is 10.0. The van der Waals surface area contributed by atoms with E-state index >= 15 is 0 Å². The molecule has 1 amide bonds. The Morgan fingerprint density at radius 3 is 2.85 bits per heavy atom. The number of hydrogen-bond donors (Lipinski definition) is 0. The van der Waals surface area contributed by atoms with Crippen molar-refractivity contribution >= 4 is 5.91 Å². The predicted molar refractivity (Wildman–Crippen MR) is 80.8 cm³/mol. The Labute approximate surface area is 121 Å². The number of carbonyl (C=O) groups is 1. The van der Waals surface area contributed by atoms with E-state index in [-0.39, 0.29) is 12.0 Å². The van der Waals surface area contributed by atoms with Crippen LogP contribution in [-0.2, 0) is 16.0 Å². The maximum atomic E-state index is 12.1. The van der Waals surface area contributed by atoms with Crippen LogP contribution in [0.1, 0.15) is 36.5 Å². The first kappa shape index (κ1) is 15.0. The van der Waals surface area contributed by atoms with Crippen LogP contribution in [0.5, 0.6) is 0 Å². The third-order valence-corrected chi connectivity index (χ3v) is 4.02. The van der Waals surface area contributed by atoms with Crippen LogP contribution in [0.4, 0.5) is 0 Å². The summed E-state index contributed by atoms with van der Waals surface area (Å²) in [6.45, 7) is 8.44. The van der Waals surface area contributed by atoms with E-state index in [1.165, 1.54) is 16.7 Å². The quantitative estimate of drug-likeness (QED) is 0.845. The van der Waals surface area contributed by atoms with Gasteiger partial charge in [-0.2, -0.15) is 0 Å². The molecule has 3 heteroatoms. The van der Waals surface area contributed by atoms with Gasteiger partial charge in [-0.1, -0.05) is 18.2 Å². The van der Waals surface area contributed by atoms with Gasteiger partial charge in [0.05, 0.1) is 12.7 Å². The Kier molecular flexibility index (Phi) is 5.18. The van der Waals surface area contributed by atoms with Gasteiger partial charge in [-0.3, -0.25) is 4.79 Å². The average Bonchev–Trinajstić information content (AvgIpc) is 2.42. The van der Waals surface area contributed by atoms with Crippen molar-refractivity contribution in [1.82, 2.24) is 4.90 Å². The number of aryl methyl sites for hydroxylation is 3. The number of carbonyl (C=O) groups excluding carboxylic acids is 1. The van der Waals surface area contributed by atoms with Crippen LogP contribution in [-0.4, -0.2) is 36.6 Å². The van der Waals surface area contributed by atoms with Crippen LogP contribution in [0, 0.1) is 13.8 Å². The fourth-order valence-electron chi connectivity index (χ4n) is 2.61. The molecule has 1 aromatic rings. The zero-order valence-electron chi connectivity index (χ0n) is 12.8. The molecule has 0 aromatic heterocycles. The van der Waals surface area contributed by atoms with Crippen molar-refractivity contribution in [2.24, 2.45) is 0 Å². The standard InChI is InChI=1S/C17H25NO2/c1-13-7-8-16(11-14(13)2)5-4-6-17(19)18-9-10-20-15(3)12-18/h7-8,11,15H,4-6,9-10,12H2,1-3H3. The van der Waals surface area contributed by atoms with Gasteiger partial charge in [-0.15, -0.1) is 0 Å². The Bertz CT molecular complexity index is 470. The first-order chi connectivity index (χ1) is 9.56. The van der Waals surface area contributed by atoms with Gasteiger partial charge in [0, 0.05) is 19.5 Å². The molecular formula is C17H25NO2. The van der Waals surface area contributed by atoms with Crippen molar-refractivity contribution in [3.05, 3.63) is 34.9 Å². The van der Waals surface area contributed by atoms with Crippen LogP contribution >= 0.6 is 0 Å². The summed E-state index contributed by atoms with van der Waals surface area (Å²) in [6, 6.07) is 6.57. The van der Waals surface area contributed by atoms with Crippen molar-refractivity contribution < 1.29 is 9.53 Å².